The number of hydrogen-bond donors (Lipinski definition) is 1. The van der Waals surface area contributed by atoms with E-state index in [4.69, 9.17) is 9.94 Å². The Bertz CT molecular complexity index is 564. The maximum absolute atomic E-state index is 8.77. The van der Waals surface area contributed by atoms with Crippen LogP contribution in [0.1, 0.15) is 24.5 Å². The first-order valence-electron chi connectivity index (χ1n) is 6.75. The summed E-state index contributed by atoms with van der Waals surface area (Å²) < 4.78 is 5.73. The van der Waals surface area contributed by atoms with Gasteiger partial charge < -0.3 is 9.94 Å². The normalized spacial score (nSPS) is 11.3. The first-order chi connectivity index (χ1) is 9.79. The van der Waals surface area contributed by atoms with Crippen LogP contribution in [0.5, 0.6) is 5.75 Å². The zero-order valence-electron chi connectivity index (χ0n) is 11.6. The van der Waals surface area contributed by atoms with Crippen molar-refractivity contribution in [1.82, 2.24) is 0 Å². The fourth-order valence-corrected chi connectivity index (χ4v) is 1.98. The summed E-state index contributed by atoms with van der Waals surface area (Å²) in [6.45, 7) is 2.43. The van der Waals surface area contributed by atoms with E-state index >= 15 is 0 Å². The monoisotopic (exact) mass is 269 g/mol. The van der Waals surface area contributed by atoms with E-state index in [9.17, 15) is 0 Å². The summed E-state index contributed by atoms with van der Waals surface area (Å²) in [4.78, 5) is 0. The van der Waals surface area contributed by atoms with Crippen molar-refractivity contribution in [3.05, 3.63) is 65.7 Å². The van der Waals surface area contributed by atoms with Gasteiger partial charge in [0.05, 0.1) is 12.3 Å². The van der Waals surface area contributed by atoms with Gasteiger partial charge in [-0.3, -0.25) is 0 Å². The molecule has 104 valence electrons. The molecule has 0 unspecified atom stereocenters. The SMILES string of the molecule is C/C(=N\O)c1cccc(OCCCc2ccccc2)c1. The third-order valence-electron chi connectivity index (χ3n) is 3.12. The van der Waals surface area contributed by atoms with Gasteiger partial charge in [-0.1, -0.05) is 47.6 Å². The second-order valence-corrected chi connectivity index (χ2v) is 4.65. The number of nitrogens with zero attached hydrogens (tertiary/aromatic N) is 1. The van der Waals surface area contributed by atoms with Crippen molar-refractivity contribution in [2.24, 2.45) is 5.16 Å². The van der Waals surface area contributed by atoms with Crippen molar-refractivity contribution in [3.63, 3.8) is 0 Å². The van der Waals surface area contributed by atoms with E-state index in [2.05, 4.69) is 29.4 Å². The van der Waals surface area contributed by atoms with Gasteiger partial charge in [0.1, 0.15) is 5.75 Å². The van der Waals surface area contributed by atoms with E-state index in [0.29, 0.717) is 12.3 Å². The molecule has 2 aromatic rings. The molecule has 0 aromatic heterocycles. The van der Waals surface area contributed by atoms with E-state index in [1.165, 1.54) is 5.56 Å². The minimum Gasteiger partial charge on any atom is -0.494 e. The molecule has 0 saturated heterocycles. The number of oxime groups is 1. The van der Waals surface area contributed by atoms with Gasteiger partial charge in [0.15, 0.2) is 0 Å². The van der Waals surface area contributed by atoms with Gasteiger partial charge in [0.25, 0.3) is 0 Å². The van der Waals surface area contributed by atoms with Crippen LogP contribution < -0.4 is 4.74 Å². The molecule has 0 spiro atoms. The third-order valence-corrected chi connectivity index (χ3v) is 3.12. The van der Waals surface area contributed by atoms with Crippen LogP contribution in [0.4, 0.5) is 0 Å². The van der Waals surface area contributed by atoms with Gasteiger partial charge in [-0.25, -0.2) is 0 Å². The average molecular weight is 269 g/mol. The lowest BCUT2D eigenvalue weighted by Gasteiger charge is -2.07. The zero-order valence-corrected chi connectivity index (χ0v) is 11.6. The molecule has 0 aliphatic carbocycles. The third kappa shape index (κ3) is 4.12. The minimum absolute atomic E-state index is 0.583. The lowest BCUT2D eigenvalue weighted by atomic mass is 10.1. The second-order valence-electron chi connectivity index (χ2n) is 4.65. The standard InChI is InChI=1S/C17H19NO2/c1-14(18-19)16-10-5-11-17(13-16)20-12-6-9-15-7-3-2-4-8-15/h2-5,7-8,10-11,13,19H,6,9,12H2,1H3/b18-14+. The van der Waals surface area contributed by atoms with Crippen LogP contribution in [-0.4, -0.2) is 17.5 Å². The fraction of sp³-hybridized carbons (Fsp3) is 0.235. The average Bonchev–Trinajstić information content (AvgIpc) is 2.52. The molecule has 0 aliphatic rings. The quantitative estimate of drug-likeness (QED) is 0.374. The Kier molecular flexibility index (Phi) is 5.18. The Morgan fingerprint density at radius 2 is 1.90 bits per heavy atom. The van der Waals surface area contributed by atoms with Crippen LogP contribution in [0, 0.1) is 0 Å². The van der Waals surface area contributed by atoms with Crippen LogP contribution in [0.3, 0.4) is 0 Å². The number of ether oxygens (including phenoxy) is 1. The predicted octanol–water partition coefficient (Wildman–Crippen LogP) is 3.90. The molecule has 0 bridgehead atoms. The van der Waals surface area contributed by atoms with Crippen molar-refractivity contribution in [2.75, 3.05) is 6.61 Å². The van der Waals surface area contributed by atoms with Gasteiger partial charge in [0.2, 0.25) is 0 Å². The van der Waals surface area contributed by atoms with Crippen LogP contribution in [0.15, 0.2) is 59.8 Å². The van der Waals surface area contributed by atoms with Gasteiger partial charge in [-0.15, -0.1) is 0 Å². The molecule has 3 nitrogen and oxygen atoms in total. The molecule has 0 fully saturated rings. The number of hydrogen-bond acceptors (Lipinski definition) is 3. The Hall–Kier alpha value is -2.29. The second kappa shape index (κ2) is 7.34. The summed E-state index contributed by atoms with van der Waals surface area (Å²) in [5.74, 6) is 0.804. The smallest absolute Gasteiger partial charge is 0.119 e. The Morgan fingerprint density at radius 1 is 1.10 bits per heavy atom. The highest BCUT2D eigenvalue weighted by Gasteiger charge is 2.00. The zero-order chi connectivity index (χ0) is 14.2. The van der Waals surface area contributed by atoms with Crippen LogP contribution >= 0.6 is 0 Å². The van der Waals surface area contributed by atoms with Crippen LogP contribution in [0.25, 0.3) is 0 Å². The first kappa shape index (κ1) is 14.1. The van der Waals surface area contributed by atoms with Crippen molar-refractivity contribution < 1.29 is 9.94 Å². The molecule has 2 rings (SSSR count). The van der Waals surface area contributed by atoms with Crippen LogP contribution in [0.2, 0.25) is 0 Å². The van der Waals surface area contributed by atoms with Crippen molar-refractivity contribution >= 4 is 5.71 Å². The lowest BCUT2D eigenvalue weighted by molar-refractivity contribution is 0.310. The highest BCUT2D eigenvalue weighted by atomic mass is 16.5. The molecule has 2 aromatic carbocycles. The Morgan fingerprint density at radius 3 is 2.65 bits per heavy atom. The maximum atomic E-state index is 8.77. The molecule has 0 radical (unpaired) electrons. The predicted molar refractivity (Wildman–Crippen MR) is 80.7 cm³/mol. The fourth-order valence-electron chi connectivity index (χ4n) is 1.98. The van der Waals surface area contributed by atoms with E-state index < -0.39 is 0 Å². The topological polar surface area (TPSA) is 41.8 Å². The lowest BCUT2D eigenvalue weighted by Crippen LogP contribution is -2.01. The molecule has 0 saturated carbocycles. The summed E-state index contributed by atoms with van der Waals surface area (Å²) in [6.07, 6.45) is 1.99. The van der Waals surface area contributed by atoms with Crippen molar-refractivity contribution in [2.45, 2.75) is 19.8 Å². The van der Waals surface area contributed by atoms with Gasteiger partial charge in [0, 0.05) is 5.56 Å². The highest BCUT2D eigenvalue weighted by molar-refractivity contribution is 5.98. The number of benzene rings is 2. The molecule has 0 amide bonds. The summed E-state index contributed by atoms with van der Waals surface area (Å²) in [5.41, 5.74) is 2.78. The molecular formula is C17H19NO2. The van der Waals surface area contributed by atoms with Gasteiger partial charge >= 0.3 is 0 Å². The summed E-state index contributed by atoms with van der Waals surface area (Å²) in [7, 11) is 0. The van der Waals surface area contributed by atoms with E-state index in [1.807, 2.05) is 30.3 Å². The maximum Gasteiger partial charge on any atom is 0.119 e. The van der Waals surface area contributed by atoms with Gasteiger partial charge in [-0.05, 0) is 37.5 Å². The Labute approximate surface area is 119 Å². The van der Waals surface area contributed by atoms with Gasteiger partial charge in [-0.2, -0.15) is 0 Å². The Balaban J connectivity index is 1.82. The summed E-state index contributed by atoms with van der Waals surface area (Å²) in [5, 5.41) is 12.0. The minimum atomic E-state index is 0.583. The molecule has 0 atom stereocenters. The molecule has 20 heavy (non-hydrogen) atoms. The molecule has 0 aliphatic heterocycles. The summed E-state index contributed by atoms with van der Waals surface area (Å²) >= 11 is 0. The van der Waals surface area contributed by atoms with E-state index in [1.54, 1.807) is 6.92 Å². The van der Waals surface area contributed by atoms with Crippen molar-refractivity contribution in [3.8, 4) is 5.75 Å². The number of aryl methyl sites for hydroxylation is 1. The molecule has 1 N–H and O–H groups in total. The van der Waals surface area contributed by atoms with Crippen LogP contribution in [-0.2, 0) is 6.42 Å². The largest absolute Gasteiger partial charge is 0.494 e. The molecular weight excluding hydrogens is 250 g/mol. The summed E-state index contributed by atoms with van der Waals surface area (Å²) in [6, 6.07) is 18.0. The highest BCUT2D eigenvalue weighted by Crippen LogP contribution is 2.14. The van der Waals surface area contributed by atoms with E-state index in [0.717, 1.165) is 24.2 Å². The molecule has 3 heteroatoms. The van der Waals surface area contributed by atoms with E-state index in [-0.39, 0.29) is 0 Å². The molecule has 0 heterocycles. The number of rotatable bonds is 6. The van der Waals surface area contributed by atoms with Crippen molar-refractivity contribution in [1.29, 1.82) is 0 Å². The first-order valence-corrected chi connectivity index (χ1v) is 6.75.